The SMILES string of the molecule is Cc1ccccc1CNC(=O)CCc1cc(-c2cccc(F)c2)n(-c2ccc(C#N)cc2)n1. The van der Waals surface area contributed by atoms with Crippen LogP contribution in [0.5, 0.6) is 0 Å². The molecule has 6 heteroatoms. The van der Waals surface area contributed by atoms with Gasteiger partial charge in [-0.1, -0.05) is 36.4 Å². The molecule has 33 heavy (non-hydrogen) atoms. The van der Waals surface area contributed by atoms with Crippen LogP contribution in [0.2, 0.25) is 0 Å². The van der Waals surface area contributed by atoms with Crippen molar-refractivity contribution in [2.75, 3.05) is 0 Å². The van der Waals surface area contributed by atoms with Crippen molar-refractivity contribution < 1.29 is 9.18 Å². The number of nitriles is 1. The standard InChI is InChI=1S/C27H23FN4O/c1-19-5-2-3-6-22(19)18-30-27(33)14-11-24-16-26(21-7-4-8-23(28)15-21)32(31-24)25-12-9-20(17-29)10-13-25/h2-10,12-13,15-16H,11,14,18H2,1H3,(H,30,33). The van der Waals surface area contributed by atoms with Gasteiger partial charge < -0.3 is 5.32 Å². The highest BCUT2D eigenvalue weighted by Gasteiger charge is 2.14. The number of amides is 1. The van der Waals surface area contributed by atoms with Gasteiger partial charge in [0.1, 0.15) is 5.82 Å². The molecule has 0 aliphatic heterocycles. The van der Waals surface area contributed by atoms with E-state index in [2.05, 4.69) is 16.5 Å². The molecule has 4 rings (SSSR count). The quantitative estimate of drug-likeness (QED) is 0.436. The maximum atomic E-state index is 13.9. The normalized spacial score (nSPS) is 10.6. The molecule has 164 valence electrons. The minimum atomic E-state index is -0.336. The van der Waals surface area contributed by atoms with Crippen molar-refractivity contribution in [3.8, 4) is 23.0 Å². The Labute approximate surface area is 192 Å². The number of nitrogens with one attached hydrogen (secondary N) is 1. The van der Waals surface area contributed by atoms with Crippen molar-refractivity contribution in [3.05, 3.63) is 107 Å². The molecule has 0 radical (unpaired) electrons. The number of halogens is 1. The van der Waals surface area contributed by atoms with Gasteiger partial charge >= 0.3 is 0 Å². The fourth-order valence-electron chi connectivity index (χ4n) is 3.61. The molecule has 4 aromatic rings. The Bertz CT molecular complexity index is 1320. The van der Waals surface area contributed by atoms with Gasteiger partial charge in [-0.25, -0.2) is 9.07 Å². The summed E-state index contributed by atoms with van der Waals surface area (Å²) in [7, 11) is 0. The number of carbonyl (C=O) groups excluding carboxylic acids is 1. The molecule has 0 unspecified atom stereocenters. The topological polar surface area (TPSA) is 70.7 Å². The molecule has 5 nitrogen and oxygen atoms in total. The first-order chi connectivity index (χ1) is 16.0. The summed E-state index contributed by atoms with van der Waals surface area (Å²) in [5, 5.41) is 16.7. The van der Waals surface area contributed by atoms with Gasteiger partial charge in [-0.3, -0.25) is 4.79 Å². The second-order valence-corrected chi connectivity index (χ2v) is 7.80. The van der Waals surface area contributed by atoms with E-state index in [-0.39, 0.29) is 11.7 Å². The van der Waals surface area contributed by atoms with E-state index in [1.165, 1.54) is 12.1 Å². The first-order valence-corrected chi connectivity index (χ1v) is 10.7. The largest absolute Gasteiger partial charge is 0.352 e. The Balaban J connectivity index is 1.53. The highest BCUT2D eigenvalue weighted by atomic mass is 19.1. The fraction of sp³-hybridized carbons (Fsp3) is 0.148. The second kappa shape index (κ2) is 9.92. The van der Waals surface area contributed by atoms with Crippen LogP contribution in [0.25, 0.3) is 16.9 Å². The zero-order valence-corrected chi connectivity index (χ0v) is 18.3. The predicted molar refractivity (Wildman–Crippen MR) is 125 cm³/mol. The van der Waals surface area contributed by atoms with Crippen molar-refractivity contribution in [1.82, 2.24) is 15.1 Å². The lowest BCUT2D eigenvalue weighted by Crippen LogP contribution is -2.23. The van der Waals surface area contributed by atoms with Crippen LogP contribution in [0.4, 0.5) is 4.39 Å². The second-order valence-electron chi connectivity index (χ2n) is 7.80. The molecule has 0 aliphatic rings. The molecule has 0 aliphatic carbocycles. The molecule has 0 fully saturated rings. The van der Waals surface area contributed by atoms with Gasteiger partial charge in [0, 0.05) is 24.9 Å². The van der Waals surface area contributed by atoms with E-state index in [1.54, 1.807) is 35.0 Å². The highest BCUT2D eigenvalue weighted by molar-refractivity contribution is 5.76. The summed E-state index contributed by atoms with van der Waals surface area (Å²) in [5.74, 6) is -0.393. The molecule has 0 bridgehead atoms. The molecule has 1 aromatic heterocycles. The maximum Gasteiger partial charge on any atom is 0.220 e. The van der Waals surface area contributed by atoms with Crippen molar-refractivity contribution in [2.45, 2.75) is 26.3 Å². The Morgan fingerprint density at radius 3 is 2.58 bits per heavy atom. The third-order valence-corrected chi connectivity index (χ3v) is 5.47. The van der Waals surface area contributed by atoms with Gasteiger partial charge in [0.2, 0.25) is 5.91 Å². The van der Waals surface area contributed by atoms with Crippen LogP contribution in [-0.2, 0) is 17.8 Å². The Morgan fingerprint density at radius 1 is 1.06 bits per heavy atom. The highest BCUT2D eigenvalue weighted by Crippen LogP contribution is 2.25. The molecule has 1 N–H and O–H groups in total. The predicted octanol–water partition coefficient (Wildman–Crippen LogP) is 5.11. The Morgan fingerprint density at radius 2 is 1.85 bits per heavy atom. The number of aromatic nitrogens is 2. The summed E-state index contributed by atoms with van der Waals surface area (Å²) in [5.41, 5.74) is 5.65. The van der Waals surface area contributed by atoms with Crippen LogP contribution in [-0.4, -0.2) is 15.7 Å². The first kappa shape index (κ1) is 22.0. The summed E-state index contributed by atoms with van der Waals surface area (Å²) >= 11 is 0. The number of benzene rings is 3. The number of nitrogens with zero attached hydrogens (tertiary/aromatic N) is 3. The van der Waals surface area contributed by atoms with Crippen molar-refractivity contribution in [1.29, 1.82) is 5.26 Å². The fourth-order valence-corrected chi connectivity index (χ4v) is 3.61. The van der Waals surface area contributed by atoms with Crippen LogP contribution in [0.15, 0.2) is 78.9 Å². The van der Waals surface area contributed by atoms with Gasteiger partial charge in [0.25, 0.3) is 0 Å². The van der Waals surface area contributed by atoms with Gasteiger partial charge in [0.05, 0.1) is 28.7 Å². The average molecular weight is 439 g/mol. The van der Waals surface area contributed by atoms with E-state index in [4.69, 9.17) is 5.26 Å². The molecule has 0 spiro atoms. The molecule has 0 atom stereocenters. The Hall–Kier alpha value is -4.24. The summed E-state index contributed by atoms with van der Waals surface area (Å²) in [6.45, 7) is 2.50. The molecule has 0 saturated heterocycles. The third-order valence-electron chi connectivity index (χ3n) is 5.47. The summed E-state index contributed by atoms with van der Waals surface area (Å²) in [4.78, 5) is 12.4. The van der Waals surface area contributed by atoms with E-state index in [1.807, 2.05) is 43.3 Å². The molecule has 3 aromatic carbocycles. The number of carbonyl (C=O) groups is 1. The molecule has 1 amide bonds. The van der Waals surface area contributed by atoms with E-state index < -0.39 is 0 Å². The summed E-state index contributed by atoms with van der Waals surface area (Å²) in [6.07, 6.45) is 0.740. The van der Waals surface area contributed by atoms with Crippen LogP contribution in [0.1, 0.15) is 28.8 Å². The number of rotatable bonds is 7. The van der Waals surface area contributed by atoms with Crippen LogP contribution in [0.3, 0.4) is 0 Å². The Kier molecular flexibility index (Phi) is 6.61. The molecule has 0 saturated carbocycles. The lowest BCUT2D eigenvalue weighted by molar-refractivity contribution is -0.121. The number of aryl methyl sites for hydroxylation is 2. The number of hydrogen-bond acceptors (Lipinski definition) is 3. The lowest BCUT2D eigenvalue weighted by atomic mass is 10.1. The summed E-state index contributed by atoms with van der Waals surface area (Å²) in [6, 6.07) is 25.3. The smallest absolute Gasteiger partial charge is 0.220 e. The number of hydrogen-bond donors (Lipinski definition) is 1. The molecular formula is C27H23FN4O. The monoisotopic (exact) mass is 438 g/mol. The maximum absolute atomic E-state index is 13.9. The summed E-state index contributed by atoms with van der Waals surface area (Å²) < 4.78 is 15.6. The van der Waals surface area contributed by atoms with Gasteiger partial charge in [-0.2, -0.15) is 10.4 Å². The molecule has 1 heterocycles. The third kappa shape index (κ3) is 5.34. The van der Waals surface area contributed by atoms with Crippen LogP contribution in [0, 0.1) is 24.1 Å². The van der Waals surface area contributed by atoms with Crippen LogP contribution < -0.4 is 5.32 Å². The minimum absolute atomic E-state index is 0.0570. The first-order valence-electron chi connectivity index (χ1n) is 10.7. The van der Waals surface area contributed by atoms with Gasteiger partial charge in [-0.15, -0.1) is 0 Å². The van der Waals surface area contributed by atoms with Crippen LogP contribution >= 0.6 is 0 Å². The lowest BCUT2D eigenvalue weighted by Gasteiger charge is -2.08. The minimum Gasteiger partial charge on any atom is -0.352 e. The van der Waals surface area contributed by atoms with E-state index in [0.717, 1.165) is 28.2 Å². The zero-order valence-electron chi connectivity index (χ0n) is 18.3. The van der Waals surface area contributed by atoms with Gasteiger partial charge in [0.15, 0.2) is 0 Å². The van der Waals surface area contributed by atoms with Crippen molar-refractivity contribution in [3.63, 3.8) is 0 Å². The average Bonchev–Trinajstić information content (AvgIpc) is 3.27. The van der Waals surface area contributed by atoms with E-state index >= 15 is 0 Å². The van der Waals surface area contributed by atoms with E-state index in [9.17, 15) is 9.18 Å². The van der Waals surface area contributed by atoms with Crippen molar-refractivity contribution >= 4 is 5.91 Å². The zero-order chi connectivity index (χ0) is 23.2. The van der Waals surface area contributed by atoms with Gasteiger partial charge in [-0.05, 0) is 60.5 Å². The molecular weight excluding hydrogens is 415 g/mol. The van der Waals surface area contributed by atoms with E-state index in [0.29, 0.717) is 30.5 Å². The van der Waals surface area contributed by atoms with Crippen molar-refractivity contribution in [2.24, 2.45) is 0 Å².